The maximum Gasteiger partial charge on any atom is 0.310 e. The number of hydrogen-bond donors (Lipinski definition) is 0. The van der Waals surface area contributed by atoms with Crippen LogP contribution in [-0.2, 0) is 0 Å². The Morgan fingerprint density at radius 2 is 1.21 bits per heavy atom. The zero-order valence-corrected chi connectivity index (χ0v) is 6.55. The van der Waals surface area contributed by atoms with Gasteiger partial charge in [-0.2, -0.15) is 0 Å². The molecule has 0 unspecified atom stereocenters. The third-order valence-electron chi connectivity index (χ3n) is 1.02. The molecule has 0 aliphatic heterocycles. The maximum absolute atomic E-state index is 4.65. The highest BCUT2D eigenvalue weighted by molar-refractivity contribution is 4.98. The van der Waals surface area contributed by atoms with Gasteiger partial charge in [0.1, 0.15) is 12.4 Å². The van der Waals surface area contributed by atoms with E-state index in [1.165, 1.54) is 12.4 Å². The van der Waals surface area contributed by atoms with Crippen molar-refractivity contribution in [2.24, 2.45) is 0 Å². The van der Waals surface area contributed by atoms with Gasteiger partial charge in [0.15, 0.2) is 0 Å². The predicted molar refractivity (Wildman–Crippen MR) is 36.5 cm³/mol. The molecule has 0 saturated carbocycles. The van der Waals surface area contributed by atoms with Crippen LogP contribution in [0.4, 0.5) is 0 Å². The first-order valence-corrected chi connectivity index (χ1v) is 3.32. The van der Waals surface area contributed by atoms with Gasteiger partial charge >= 0.3 is 11.8 Å². The van der Waals surface area contributed by atoms with Crippen LogP contribution >= 0.6 is 0 Å². The van der Waals surface area contributed by atoms with E-state index < -0.39 is 0 Å². The van der Waals surface area contributed by atoms with E-state index in [2.05, 4.69) is 51.0 Å². The molecule has 70 valence electrons. The predicted octanol–water partition coefficient (Wildman–Crippen LogP) is -1.78. The van der Waals surface area contributed by atoms with Gasteiger partial charge in [-0.1, -0.05) is 10.2 Å². The Hall–Kier alpha value is -2.52. The Balaban J connectivity index is 1.96. The second-order valence-corrected chi connectivity index (χ2v) is 1.89. The molecule has 2 heterocycles. The van der Waals surface area contributed by atoms with E-state index in [0.717, 1.165) is 0 Å². The van der Waals surface area contributed by atoms with Gasteiger partial charge in [0.2, 0.25) is 0 Å². The quantitative estimate of drug-likeness (QED) is 0.409. The van der Waals surface area contributed by atoms with Crippen LogP contribution in [0.5, 0.6) is 11.8 Å². The Bertz CT molecular complexity index is 342. The van der Waals surface area contributed by atoms with E-state index in [1.807, 2.05) is 0 Å². The van der Waals surface area contributed by atoms with E-state index in [9.17, 15) is 0 Å². The molecule has 10 heteroatoms. The summed E-state index contributed by atoms with van der Waals surface area (Å²) in [5, 5.41) is 26.5. The molecule has 2 rings (SSSR count). The summed E-state index contributed by atoms with van der Waals surface area (Å²) < 4.78 is 0. The highest BCUT2D eigenvalue weighted by Gasteiger charge is 2.00. The maximum atomic E-state index is 4.65. The van der Waals surface area contributed by atoms with Gasteiger partial charge in [0, 0.05) is 0 Å². The highest BCUT2D eigenvalue weighted by Crippen LogP contribution is 2.03. The van der Waals surface area contributed by atoms with Crippen LogP contribution < -0.4 is 9.78 Å². The van der Waals surface area contributed by atoms with Crippen molar-refractivity contribution in [2.75, 3.05) is 0 Å². The van der Waals surface area contributed by atoms with E-state index >= 15 is 0 Å². The van der Waals surface area contributed by atoms with E-state index in [0.29, 0.717) is 0 Å². The van der Waals surface area contributed by atoms with Crippen molar-refractivity contribution in [3.05, 3.63) is 12.4 Å². The fourth-order valence-corrected chi connectivity index (χ4v) is 0.538. The molecule has 0 aliphatic rings. The second-order valence-electron chi connectivity index (χ2n) is 1.89. The van der Waals surface area contributed by atoms with Crippen LogP contribution in [0.3, 0.4) is 0 Å². The average Bonchev–Trinajstić information content (AvgIpc) is 2.29. The molecule has 0 atom stereocenters. The molecule has 0 radical (unpaired) electrons. The Morgan fingerprint density at radius 1 is 0.714 bits per heavy atom. The summed E-state index contributed by atoms with van der Waals surface area (Å²) in [5.74, 6) is 0.0808. The van der Waals surface area contributed by atoms with Crippen molar-refractivity contribution >= 4 is 0 Å². The highest BCUT2D eigenvalue weighted by atomic mass is 17.2. The molecule has 14 heavy (non-hydrogen) atoms. The SMILES string of the molecule is c1nnnnc1OOc1cnnnn1. The number of nitrogens with zero attached hydrogens (tertiary/aromatic N) is 8. The zero-order valence-electron chi connectivity index (χ0n) is 6.55. The van der Waals surface area contributed by atoms with Gasteiger partial charge in [0.25, 0.3) is 0 Å². The van der Waals surface area contributed by atoms with Crippen LogP contribution in [0.2, 0.25) is 0 Å². The van der Waals surface area contributed by atoms with Crippen LogP contribution in [0.25, 0.3) is 0 Å². The lowest BCUT2D eigenvalue weighted by molar-refractivity contribution is -0.111. The van der Waals surface area contributed by atoms with Crippen LogP contribution in [0.1, 0.15) is 0 Å². The van der Waals surface area contributed by atoms with Gasteiger partial charge in [0.05, 0.1) is 0 Å². The molecule has 0 N–H and O–H groups in total. The molecule has 0 aromatic carbocycles. The largest absolute Gasteiger partial charge is 0.310 e. The number of hydrogen-bond acceptors (Lipinski definition) is 10. The van der Waals surface area contributed by atoms with Crippen molar-refractivity contribution in [1.82, 2.24) is 41.2 Å². The lowest BCUT2D eigenvalue weighted by atomic mass is 10.8. The van der Waals surface area contributed by atoms with Gasteiger partial charge in [-0.3, -0.25) is 9.78 Å². The summed E-state index contributed by atoms with van der Waals surface area (Å²) in [4.78, 5) is 9.29. The standard InChI is InChI=1S/C4H2N8O2/c1-3(7-11-9-5-1)13-14-4-2-6-10-12-8-4/h1-2H. The summed E-state index contributed by atoms with van der Waals surface area (Å²) >= 11 is 0. The van der Waals surface area contributed by atoms with Gasteiger partial charge in [-0.15, -0.1) is 10.2 Å². The second kappa shape index (κ2) is 3.93. The Labute approximate surface area is 76.2 Å². The van der Waals surface area contributed by atoms with E-state index in [4.69, 9.17) is 0 Å². The van der Waals surface area contributed by atoms with E-state index in [1.54, 1.807) is 0 Å². The topological polar surface area (TPSA) is 122 Å². The average molecular weight is 194 g/mol. The van der Waals surface area contributed by atoms with Crippen molar-refractivity contribution in [3.8, 4) is 11.8 Å². The molecule has 0 amide bonds. The molecule has 0 aliphatic carbocycles. The third kappa shape index (κ3) is 2.00. The molecular formula is C4H2N8O2. The molecule has 0 bridgehead atoms. The minimum absolute atomic E-state index is 0.0404. The summed E-state index contributed by atoms with van der Waals surface area (Å²) in [6.07, 6.45) is 2.43. The van der Waals surface area contributed by atoms with Crippen LogP contribution in [0.15, 0.2) is 12.4 Å². The van der Waals surface area contributed by atoms with Crippen LogP contribution in [0, 0.1) is 0 Å². The molecule has 10 nitrogen and oxygen atoms in total. The molecule has 0 spiro atoms. The number of aromatic nitrogens is 8. The Kier molecular flexibility index (Phi) is 2.27. The monoisotopic (exact) mass is 194 g/mol. The molecule has 0 fully saturated rings. The minimum atomic E-state index is 0.0404. The van der Waals surface area contributed by atoms with Crippen molar-refractivity contribution < 1.29 is 9.78 Å². The Morgan fingerprint density at radius 3 is 1.57 bits per heavy atom. The fourth-order valence-electron chi connectivity index (χ4n) is 0.538. The van der Waals surface area contributed by atoms with Gasteiger partial charge in [-0.25, -0.2) is 0 Å². The summed E-state index contributed by atoms with van der Waals surface area (Å²) in [7, 11) is 0. The first kappa shape index (κ1) is 8.10. The molecule has 2 aromatic heterocycles. The summed E-state index contributed by atoms with van der Waals surface area (Å²) in [6, 6.07) is 0. The van der Waals surface area contributed by atoms with Crippen LogP contribution in [-0.4, -0.2) is 41.2 Å². The minimum Gasteiger partial charge on any atom is -0.264 e. The van der Waals surface area contributed by atoms with E-state index in [-0.39, 0.29) is 11.8 Å². The number of rotatable bonds is 3. The normalized spacial score (nSPS) is 9.43. The molecule has 2 aromatic rings. The van der Waals surface area contributed by atoms with Gasteiger partial charge in [-0.05, 0) is 20.9 Å². The molecular weight excluding hydrogens is 192 g/mol. The zero-order chi connectivity index (χ0) is 9.64. The first-order valence-electron chi connectivity index (χ1n) is 3.32. The summed E-state index contributed by atoms with van der Waals surface area (Å²) in [6.45, 7) is 0. The lowest BCUT2D eigenvalue weighted by Crippen LogP contribution is -2.06. The molecule has 0 saturated heterocycles. The fraction of sp³-hybridized carbons (Fsp3) is 0. The van der Waals surface area contributed by atoms with Crippen molar-refractivity contribution in [2.45, 2.75) is 0 Å². The van der Waals surface area contributed by atoms with Crippen molar-refractivity contribution in [1.29, 1.82) is 0 Å². The first-order chi connectivity index (χ1) is 6.95. The summed E-state index contributed by atoms with van der Waals surface area (Å²) in [5.41, 5.74) is 0. The van der Waals surface area contributed by atoms with Gasteiger partial charge < -0.3 is 0 Å². The third-order valence-corrected chi connectivity index (χ3v) is 1.02. The van der Waals surface area contributed by atoms with Crippen molar-refractivity contribution in [3.63, 3.8) is 0 Å². The smallest absolute Gasteiger partial charge is 0.264 e. The lowest BCUT2D eigenvalue weighted by Gasteiger charge is -1.99.